The molecule has 1 amide bonds. The number of carbonyl (C=O) groups is 2. The maximum atomic E-state index is 11.6. The van der Waals surface area contributed by atoms with Crippen LogP contribution in [-0.4, -0.2) is 34.7 Å². The molecule has 1 aromatic rings. The van der Waals surface area contributed by atoms with E-state index in [1.54, 1.807) is 30.3 Å². The van der Waals surface area contributed by atoms with Crippen molar-refractivity contribution in [3.05, 3.63) is 35.9 Å². The van der Waals surface area contributed by atoms with E-state index in [0.29, 0.717) is 5.56 Å². The van der Waals surface area contributed by atoms with Gasteiger partial charge in [0.25, 0.3) is 5.91 Å². The summed E-state index contributed by atoms with van der Waals surface area (Å²) in [5.41, 5.74) is 0.460. The van der Waals surface area contributed by atoms with Crippen molar-refractivity contribution >= 4 is 11.9 Å². The maximum Gasteiger partial charge on any atom is 0.310 e. The van der Waals surface area contributed by atoms with Crippen molar-refractivity contribution in [2.24, 2.45) is 5.92 Å². The fourth-order valence-corrected chi connectivity index (χ4v) is 1.36. The first-order valence-electron chi connectivity index (χ1n) is 5.26. The predicted molar refractivity (Wildman–Crippen MR) is 61.6 cm³/mol. The Bertz CT molecular complexity index is 389. The SMILES string of the molecule is C[C@@H](O)[C@@H](CNC(=O)c1ccccc1)C(=O)O. The first-order chi connectivity index (χ1) is 8.02. The van der Waals surface area contributed by atoms with E-state index in [1.165, 1.54) is 6.92 Å². The van der Waals surface area contributed by atoms with E-state index in [9.17, 15) is 14.7 Å². The topological polar surface area (TPSA) is 86.6 Å². The molecule has 0 spiro atoms. The number of hydrogen-bond donors (Lipinski definition) is 3. The van der Waals surface area contributed by atoms with Crippen LogP contribution in [0.15, 0.2) is 30.3 Å². The highest BCUT2D eigenvalue weighted by Crippen LogP contribution is 2.04. The molecule has 17 heavy (non-hydrogen) atoms. The predicted octanol–water partition coefficient (Wildman–Crippen LogP) is 0.498. The lowest BCUT2D eigenvalue weighted by atomic mass is 10.0. The number of carboxylic acids is 1. The zero-order valence-corrected chi connectivity index (χ0v) is 9.46. The van der Waals surface area contributed by atoms with Gasteiger partial charge in [-0.25, -0.2) is 0 Å². The highest BCUT2D eigenvalue weighted by Gasteiger charge is 2.23. The van der Waals surface area contributed by atoms with E-state index in [1.807, 2.05) is 0 Å². The highest BCUT2D eigenvalue weighted by molar-refractivity contribution is 5.94. The molecular formula is C12H15NO4. The van der Waals surface area contributed by atoms with E-state index in [4.69, 9.17) is 5.11 Å². The number of aliphatic carboxylic acids is 1. The third kappa shape index (κ3) is 3.88. The molecule has 0 aliphatic rings. The molecule has 0 aliphatic heterocycles. The van der Waals surface area contributed by atoms with Crippen LogP contribution in [0, 0.1) is 5.92 Å². The number of carbonyl (C=O) groups excluding carboxylic acids is 1. The van der Waals surface area contributed by atoms with Gasteiger partial charge in [0.05, 0.1) is 12.0 Å². The quantitative estimate of drug-likeness (QED) is 0.696. The van der Waals surface area contributed by atoms with Gasteiger partial charge in [0.1, 0.15) is 0 Å². The van der Waals surface area contributed by atoms with E-state index >= 15 is 0 Å². The summed E-state index contributed by atoms with van der Waals surface area (Å²) in [6, 6.07) is 8.49. The number of carboxylic acid groups (broad SMARTS) is 1. The van der Waals surface area contributed by atoms with Crippen LogP contribution in [0.2, 0.25) is 0 Å². The molecule has 1 rings (SSSR count). The fourth-order valence-electron chi connectivity index (χ4n) is 1.36. The second kappa shape index (κ2) is 6.00. The van der Waals surface area contributed by atoms with Gasteiger partial charge in [0.15, 0.2) is 0 Å². The molecule has 5 heteroatoms. The summed E-state index contributed by atoms with van der Waals surface area (Å²) in [6.45, 7) is 1.29. The van der Waals surface area contributed by atoms with E-state index in [2.05, 4.69) is 5.32 Å². The molecule has 0 aromatic heterocycles. The Hall–Kier alpha value is -1.88. The molecule has 1 aromatic carbocycles. The molecule has 0 bridgehead atoms. The number of amides is 1. The average molecular weight is 237 g/mol. The number of benzene rings is 1. The Balaban J connectivity index is 2.56. The van der Waals surface area contributed by atoms with Crippen molar-refractivity contribution in [2.45, 2.75) is 13.0 Å². The van der Waals surface area contributed by atoms with E-state index in [-0.39, 0.29) is 12.5 Å². The Morgan fingerprint density at radius 3 is 2.35 bits per heavy atom. The van der Waals surface area contributed by atoms with Crippen LogP contribution in [-0.2, 0) is 4.79 Å². The monoisotopic (exact) mass is 237 g/mol. The number of aliphatic hydroxyl groups is 1. The first-order valence-corrected chi connectivity index (χ1v) is 5.26. The molecule has 0 saturated carbocycles. The van der Waals surface area contributed by atoms with Gasteiger partial charge in [-0.05, 0) is 19.1 Å². The summed E-state index contributed by atoms with van der Waals surface area (Å²) in [5, 5.41) is 20.5. The molecule has 2 atom stereocenters. The summed E-state index contributed by atoms with van der Waals surface area (Å²) >= 11 is 0. The lowest BCUT2D eigenvalue weighted by Crippen LogP contribution is -2.38. The smallest absolute Gasteiger partial charge is 0.310 e. The summed E-state index contributed by atoms with van der Waals surface area (Å²) in [7, 11) is 0. The Morgan fingerprint density at radius 1 is 1.29 bits per heavy atom. The summed E-state index contributed by atoms with van der Waals surface area (Å²) in [4.78, 5) is 22.4. The van der Waals surface area contributed by atoms with E-state index in [0.717, 1.165) is 0 Å². The number of rotatable bonds is 5. The van der Waals surface area contributed by atoms with Crippen molar-refractivity contribution in [3.8, 4) is 0 Å². The second-order valence-corrected chi connectivity index (χ2v) is 3.76. The molecule has 5 nitrogen and oxygen atoms in total. The van der Waals surface area contributed by atoms with Gasteiger partial charge in [0, 0.05) is 12.1 Å². The van der Waals surface area contributed by atoms with Crippen molar-refractivity contribution in [2.75, 3.05) is 6.54 Å². The normalized spacial score (nSPS) is 13.8. The average Bonchev–Trinajstić information content (AvgIpc) is 2.29. The summed E-state index contributed by atoms with van der Waals surface area (Å²) < 4.78 is 0. The van der Waals surface area contributed by atoms with Gasteiger partial charge in [-0.15, -0.1) is 0 Å². The molecule has 0 aliphatic carbocycles. The number of aliphatic hydroxyl groups excluding tert-OH is 1. The van der Waals surface area contributed by atoms with E-state index < -0.39 is 18.0 Å². The molecule has 0 unspecified atom stereocenters. The molecular weight excluding hydrogens is 222 g/mol. The molecule has 3 N–H and O–H groups in total. The minimum Gasteiger partial charge on any atom is -0.481 e. The number of hydrogen-bond acceptors (Lipinski definition) is 3. The van der Waals surface area contributed by atoms with Crippen LogP contribution >= 0.6 is 0 Å². The third-order valence-electron chi connectivity index (χ3n) is 2.42. The number of nitrogens with one attached hydrogen (secondary N) is 1. The molecule has 0 saturated heterocycles. The Kier molecular flexibility index (Phi) is 4.66. The largest absolute Gasteiger partial charge is 0.481 e. The van der Waals surface area contributed by atoms with Crippen LogP contribution in [0.5, 0.6) is 0 Å². The highest BCUT2D eigenvalue weighted by atomic mass is 16.4. The van der Waals surface area contributed by atoms with Crippen LogP contribution in [0.3, 0.4) is 0 Å². The van der Waals surface area contributed by atoms with Gasteiger partial charge in [0.2, 0.25) is 0 Å². The van der Waals surface area contributed by atoms with Crippen molar-refractivity contribution in [1.29, 1.82) is 0 Å². The zero-order chi connectivity index (χ0) is 12.8. The minimum absolute atomic E-state index is 0.0965. The lowest BCUT2D eigenvalue weighted by Gasteiger charge is -2.15. The zero-order valence-electron chi connectivity index (χ0n) is 9.46. The van der Waals surface area contributed by atoms with Crippen molar-refractivity contribution in [1.82, 2.24) is 5.32 Å². The van der Waals surface area contributed by atoms with Crippen LogP contribution < -0.4 is 5.32 Å². The minimum atomic E-state index is -1.13. The summed E-state index contributed by atoms with van der Waals surface area (Å²) in [5.74, 6) is -2.48. The summed E-state index contributed by atoms with van der Waals surface area (Å²) in [6.07, 6.45) is -1.01. The van der Waals surface area contributed by atoms with Crippen LogP contribution in [0.1, 0.15) is 17.3 Å². The van der Waals surface area contributed by atoms with Crippen molar-refractivity contribution in [3.63, 3.8) is 0 Å². The Morgan fingerprint density at radius 2 is 1.88 bits per heavy atom. The van der Waals surface area contributed by atoms with Crippen molar-refractivity contribution < 1.29 is 19.8 Å². The van der Waals surface area contributed by atoms with Gasteiger partial charge in [-0.1, -0.05) is 18.2 Å². The fraction of sp³-hybridized carbons (Fsp3) is 0.333. The third-order valence-corrected chi connectivity index (χ3v) is 2.42. The van der Waals surface area contributed by atoms with Gasteiger partial charge in [-0.3, -0.25) is 9.59 Å². The maximum absolute atomic E-state index is 11.6. The van der Waals surface area contributed by atoms with Crippen LogP contribution in [0.25, 0.3) is 0 Å². The van der Waals surface area contributed by atoms with Gasteiger partial charge in [-0.2, -0.15) is 0 Å². The lowest BCUT2D eigenvalue weighted by molar-refractivity contribution is -0.144. The Labute approximate surface area is 99.1 Å². The second-order valence-electron chi connectivity index (χ2n) is 3.76. The van der Waals surface area contributed by atoms with Crippen LogP contribution in [0.4, 0.5) is 0 Å². The molecule has 0 radical (unpaired) electrons. The molecule has 0 fully saturated rings. The molecule has 92 valence electrons. The van der Waals surface area contributed by atoms with Gasteiger partial charge >= 0.3 is 5.97 Å². The molecule has 0 heterocycles. The van der Waals surface area contributed by atoms with Gasteiger partial charge < -0.3 is 15.5 Å². The standard InChI is InChI=1S/C12H15NO4/c1-8(14)10(12(16)17)7-13-11(15)9-5-3-2-4-6-9/h2-6,8,10,14H,7H2,1H3,(H,13,15)(H,16,17)/t8-,10-/m1/s1. The first kappa shape index (κ1) is 13.2.